The van der Waals surface area contributed by atoms with Crippen LogP contribution in [-0.2, 0) is 10.0 Å². The molecule has 0 saturated heterocycles. The maximum atomic E-state index is 11.9. The molecule has 1 aliphatic carbocycles. The quantitative estimate of drug-likeness (QED) is 0.872. The zero-order valence-electron chi connectivity index (χ0n) is 8.68. The number of rotatable bonds is 4. The molecule has 1 saturated carbocycles. The van der Waals surface area contributed by atoms with Crippen molar-refractivity contribution in [2.24, 2.45) is 0 Å². The second-order valence-corrected chi connectivity index (χ2v) is 5.96. The lowest BCUT2D eigenvalue weighted by atomic mass is 10.2. The van der Waals surface area contributed by atoms with E-state index in [1.165, 1.54) is 12.1 Å². The van der Waals surface area contributed by atoms with Crippen LogP contribution in [0.25, 0.3) is 0 Å². The standard InChI is InChI=1S/C10H10ClNO4S/c11-6-1-4-9(8(5-6)10(13)14)17(15,16)12-7-2-3-7/h1,4-5,7,12H,2-3H2,(H,13,14). The molecule has 1 aromatic carbocycles. The number of sulfonamides is 1. The molecule has 0 spiro atoms. The lowest BCUT2D eigenvalue weighted by Crippen LogP contribution is -2.27. The van der Waals surface area contributed by atoms with E-state index in [1.54, 1.807) is 0 Å². The first-order valence-electron chi connectivity index (χ1n) is 4.95. The van der Waals surface area contributed by atoms with Gasteiger partial charge in [-0.2, -0.15) is 0 Å². The van der Waals surface area contributed by atoms with Crippen LogP contribution < -0.4 is 4.72 Å². The molecule has 2 N–H and O–H groups in total. The van der Waals surface area contributed by atoms with Crippen molar-refractivity contribution in [1.29, 1.82) is 0 Å². The number of hydrogen-bond acceptors (Lipinski definition) is 3. The van der Waals surface area contributed by atoms with E-state index in [9.17, 15) is 13.2 Å². The number of carboxylic acid groups (broad SMARTS) is 1. The minimum absolute atomic E-state index is 0.0719. The topological polar surface area (TPSA) is 83.5 Å². The molecule has 17 heavy (non-hydrogen) atoms. The molecule has 5 nitrogen and oxygen atoms in total. The van der Waals surface area contributed by atoms with Gasteiger partial charge >= 0.3 is 5.97 Å². The summed E-state index contributed by atoms with van der Waals surface area (Å²) in [5.41, 5.74) is -0.314. The Morgan fingerprint density at radius 2 is 2.06 bits per heavy atom. The van der Waals surface area contributed by atoms with E-state index in [1.807, 2.05) is 0 Å². The average molecular weight is 276 g/mol. The van der Waals surface area contributed by atoms with Gasteiger partial charge in [-0.25, -0.2) is 17.9 Å². The Bertz CT molecular complexity index is 566. The van der Waals surface area contributed by atoms with Crippen LogP contribution in [0, 0.1) is 0 Å². The molecule has 0 atom stereocenters. The summed E-state index contributed by atoms with van der Waals surface area (Å²) in [5.74, 6) is -1.32. The van der Waals surface area contributed by atoms with E-state index in [0.717, 1.165) is 18.9 Å². The maximum Gasteiger partial charge on any atom is 0.337 e. The molecule has 0 aliphatic heterocycles. The van der Waals surface area contributed by atoms with Crippen LogP contribution in [0.5, 0.6) is 0 Å². The smallest absolute Gasteiger partial charge is 0.337 e. The second-order valence-electron chi connectivity index (χ2n) is 3.84. The van der Waals surface area contributed by atoms with Crippen LogP contribution in [0.1, 0.15) is 23.2 Å². The Balaban J connectivity index is 2.46. The van der Waals surface area contributed by atoms with Gasteiger partial charge in [0.2, 0.25) is 10.0 Å². The number of halogens is 1. The predicted octanol–water partition coefficient (Wildman–Crippen LogP) is 1.48. The molecule has 92 valence electrons. The highest BCUT2D eigenvalue weighted by atomic mass is 35.5. The third kappa shape index (κ3) is 2.77. The van der Waals surface area contributed by atoms with Crippen molar-refractivity contribution in [3.8, 4) is 0 Å². The van der Waals surface area contributed by atoms with Gasteiger partial charge in [-0.15, -0.1) is 0 Å². The molecule has 1 aromatic rings. The highest BCUT2D eigenvalue weighted by molar-refractivity contribution is 7.89. The van der Waals surface area contributed by atoms with Crippen LogP contribution in [0.3, 0.4) is 0 Å². The largest absolute Gasteiger partial charge is 0.478 e. The van der Waals surface area contributed by atoms with Gasteiger partial charge in [0, 0.05) is 11.1 Å². The summed E-state index contributed by atoms with van der Waals surface area (Å²) in [5, 5.41) is 9.14. The molecule has 2 rings (SSSR count). The third-order valence-electron chi connectivity index (χ3n) is 2.36. The molecule has 1 fully saturated rings. The Morgan fingerprint density at radius 3 is 2.59 bits per heavy atom. The summed E-state index contributed by atoms with van der Waals surface area (Å²) in [6.07, 6.45) is 1.57. The van der Waals surface area contributed by atoms with Crippen LogP contribution in [0.15, 0.2) is 23.1 Å². The van der Waals surface area contributed by atoms with Gasteiger partial charge < -0.3 is 5.11 Å². The van der Waals surface area contributed by atoms with Gasteiger partial charge in [-0.05, 0) is 31.0 Å². The first kappa shape index (κ1) is 12.3. The highest BCUT2D eigenvalue weighted by Crippen LogP contribution is 2.25. The number of benzene rings is 1. The van der Waals surface area contributed by atoms with Gasteiger partial charge in [-0.1, -0.05) is 11.6 Å². The van der Waals surface area contributed by atoms with Gasteiger partial charge in [0.05, 0.1) is 10.5 Å². The maximum absolute atomic E-state index is 11.9. The van der Waals surface area contributed by atoms with Crippen LogP contribution >= 0.6 is 11.6 Å². The summed E-state index contributed by atoms with van der Waals surface area (Å²) >= 11 is 5.65. The number of hydrogen-bond donors (Lipinski definition) is 2. The molecule has 0 bridgehead atoms. The Morgan fingerprint density at radius 1 is 1.41 bits per heavy atom. The fourth-order valence-electron chi connectivity index (χ4n) is 1.39. The first-order chi connectivity index (χ1) is 7.90. The highest BCUT2D eigenvalue weighted by Gasteiger charge is 2.30. The third-order valence-corrected chi connectivity index (χ3v) is 4.17. The first-order valence-corrected chi connectivity index (χ1v) is 6.81. The van der Waals surface area contributed by atoms with Crippen molar-refractivity contribution < 1.29 is 18.3 Å². The monoisotopic (exact) mass is 275 g/mol. The van der Waals surface area contributed by atoms with E-state index < -0.39 is 16.0 Å². The molecular weight excluding hydrogens is 266 g/mol. The normalized spacial score (nSPS) is 15.8. The van der Waals surface area contributed by atoms with Crippen molar-refractivity contribution in [3.63, 3.8) is 0 Å². The predicted molar refractivity (Wildman–Crippen MR) is 61.8 cm³/mol. The summed E-state index contributed by atoms with van der Waals surface area (Å²) < 4.78 is 26.2. The minimum atomic E-state index is -3.78. The van der Waals surface area contributed by atoms with Gasteiger partial charge in [0.1, 0.15) is 0 Å². The molecule has 0 aromatic heterocycles. The van der Waals surface area contributed by atoms with E-state index in [0.29, 0.717) is 0 Å². The summed E-state index contributed by atoms with van der Waals surface area (Å²) in [6.45, 7) is 0. The Kier molecular flexibility index (Phi) is 3.11. The fourth-order valence-corrected chi connectivity index (χ4v) is 3.04. The van der Waals surface area contributed by atoms with Crippen LogP contribution in [0.4, 0.5) is 0 Å². The Hall–Kier alpha value is -1.11. The summed E-state index contributed by atoms with van der Waals surface area (Å²) in [4.78, 5) is 10.7. The number of carboxylic acids is 1. The Labute approximate surface area is 103 Å². The van der Waals surface area contributed by atoms with Gasteiger partial charge in [-0.3, -0.25) is 0 Å². The van der Waals surface area contributed by atoms with Crippen molar-refractivity contribution in [2.75, 3.05) is 0 Å². The van der Waals surface area contributed by atoms with Gasteiger partial charge in [0.25, 0.3) is 0 Å². The lowest BCUT2D eigenvalue weighted by molar-refractivity contribution is 0.0692. The SMILES string of the molecule is O=C(O)c1cc(Cl)ccc1S(=O)(=O)NC1CC1. The zero-order chi connectivity index (χ0) is 12.6. The molecule has 1 aliphatic rings. The molecule has 0 unspecified atom stereocenters. The molecule has 0 amide bonds. The molecule has 0 heterocycles. The molecular formula is C10H10ClNO4S. The lowest BCUT2D eigenvalue weighted by Gasteiger charge is -2.08. The van der Waals surface area contributed by atoms with Crippen molar-refractivity contribution in [1.82, 2.24) is 4.72 Å². The molecule has 0 radical (unpaired) electrons. The fraction of sp³-hybridized carbons (Fsp3) is 0.300. The van der Waals surface area contributed by atoms with E-state index >= 15 is 0 Å². The number of nitrogens with one attached hydrogen (secondary N) is 1. The van der Waals surface area contributed by atoms with Gasteiger partial charge in [0.15, 0.2) is 0 Å². The van der Waals surface area contributed by atoms with Crippen molar-refractivity contribution in [2.45, 2.75) is 23.8 Å². The van der Waals surface area contributed by atoms with Crippen molar-refractivity contribution >= 4 is 27.6 Å². The minimum Gasteiger partial charge on any atom is -0.478 e. The number of aromatic carboxylic acids is 1. The molecule has 7 heteroatoms. The average Bonchev–Trinajstić information content (AvgIpc) is 3.00. The van der Waals surface area contributed by atoms with E-state index in [2.05, 4.69) is 4.72 Å². The van der Waals surface area contributed by atoms with Crippen LogP contribution in [-0.4, -0.2) is 25.5 Å². The second kappa shape index (κ2) is 4.29. The van der Waals surface area contributed by atoms with Crippen LogP contribution in [0.2, 0.25) is 5.02 Å². The summed E-state index contributed by atoms with van der Waals surface area (Å²) in [7, 11) is -3.78. The zero-order valence-corrected chi connectivity index (χ0v) is 10.3. The van der Waals surface area contributed by atoms with E-state index in [4.69, 9.17) is 16.7 Å². The van der Waals surface area contributed by atoms with Crippen molar-refractivity contribution in [3.05, 3.63) is 28.8 Å². The van der Waals surface area contributed by atoms with E-state index in [-0.39, 0.29) is 21.5 Å². The number of carbonyl (C=O) groups is 1. The summed E-state index contributed by atoms with van der Waals surface area (Å²) in [6, 6.07) is 3.62.